The van der Waals surface area contributed by atoms with Crippen LogP contribution in [-0.2, 0) is 4.74 Å². The Morgan fingerprint density at radius 1 is 0.963 bits per heavy atom. The lowest BCUT2D eigenvalue weighted by atomic mass is 10.3. The Bertz CT molecular complexity index is 730. The first-order chi connectivity index (χ1) is 13.0. The van der Waals surface area contributed by atoms with Crippen molar-refractivity contribution >= 4 is 46.6 Å². The third kappa shape index (κ3) is 7.60. The van der Waals surface area contributed by atoms with E-state index < -0.39 is 6.10 Å². The summed E-state index contributed by atoms with van der Waals surface area (Å²) in [4.78, 5) is 1.90. The summed E-state index contributed by atoms with van der Waals surface area (Å²) in [5.41, 5.74) is 0. The Morgan fingerprint density at radius 3 is 2.07 bits per heavy atom. The highest BCUT2D eigenvalue weighted by Gasteiger charge is 2.10. The van der Waals surface area contributed by atoms with Gasteiger partial charge in [0, 0.05) is 22.8 Å². The van der Waals surface area contributed by atoms with E-state index in [1.807, 2.05) is 30.3 Å². The molecule has 0 aromatic heterocycles. The molecule has 0 fully saturated rings. The highest BCUT2D eigenvalue weighted by atomic mass is 35.5. The molecule has 0 radical (unpaired) electrons. The van der Waals surface area contributed by atoms with Crippen molar-refractivity contribution in [3.63, 3.8) is 0 Å². The van der Waals surface area contributed by atoms with Gasteiger partial charge in [-0.05, 0) is 42.8 Å². The lowest BCUT2D eigenvalue weighted by Crippen LogP contribution is -2.22. The first kappa shape index (κ1) is 22.5. The highest BCUT2D eigenvalue weighted by Crippen LogP contribution is 2.36. The van der Waals surface area contributed by atoms with Crippen molar-refractivity contribution in [1.82, 2.24) is 0 Å². The molecule has 8 heteroatoms. The first-order valence-electron chi connectivity index (χ1n) is 8.29. The van der Waals surface area contributed by atoms with E-state index in [0.717, 1.165) is 16.2 Å². The fourth-order valence-corrected chi connectivity index (χ4v) is 3.73. The second kappa shape index (κ2) is 11.9. The average Bonchev–Trinajstić information content (AvgIpc) is 2.63. The molecule has 4 nitrogen and oxygen atoms in total. The minimum atomic E-state index is -0.701. The van der Waals surface area contributed by atoms with E-state index in [2.05, 4.69) is 0 Å². The van der Waals surface area contributed by atoms with Gasteiger partial charge in [-0.25, -0.2) is 0 Å². The Labute approximate surface area is 178 Å². The average molecular weight is 452 g/mol. The lowest BCUT2D eigenvalue weighted by molar-refractivity contribution is 0.0325. The van der Waals surface area contributed by atoms with Crippen LogP contribution in [0.4, 0.5) is 0 Å². The molecule has 2 aromatic carbocycles. The van der Waals surface area contributed by atoms with Crippen LogP contribution in [0.15, 0.2) is 46.2 Å². The highest BCUT2D eigenvalue weighted by molar-refractivity contribution is 7.99. The fourth-order valence-electron chi connectivity index (χ4n) is 2.12. The largest absolute Gasteiger partial charge is 0.492 e. The van der Waals surface area contributed by atoms with Gasteiger partial charge in [-0.1, -0.05) is 35.0 Å². The quantitative estimate of drug-likeness (QED) is 0.359. The SMILES string of the molecule is COCC(O)COc1ccc(Sc2ccc(OCCCCl)c(Cl)c2)cc1Cl. The monoisotopic (exact) mass is 450 g/mol. The number of methoxy groups -OCH3 is 1. The van der Waals surface area contributed by atoms with E-state index in [4.69, 9.17) is 49.0 Å². The van der Waals surface area contributed by atoms with Crippen molar-refractivity contribution in [1.29, 1.82) is 0 Å². The van der Waals surface area contributed by atoms with Crippen LogP contribution in [0.1, 0.15) is 6.42 Å². The summed E-state index contributed by atoms with van der Waals surface area (Å²) in [6.07, 6.45) is 0.0662. The molecule has 148 valence electrons. The van der Waals surface area contributed by atoms with Gasteiger partial charge in [0.15, 0.2) is 0 Å². The van der Waals surface area contributed by atoms with Gasteiger partial charge in [0.25, 0.3) is 0 Å². The number of alkyl halides is 1. The molecule has 1 atom stereocenters. The lowest BCUT2D eigenvalue weighted by Gasteiger charge is -2.13. The molecule has 0 saturated heterocycles. The van der Waals surface area contributed by atoms with Gasteiger partial charge in [-0.2, -0.15) is 0 Å². The molecule has 2 aromatic rings. The first-order valence-corrected chi connectivity index (χ1v) is 10.4. The van der Waals surface area contributed by atoms with Crippen molar-refractivity contribution in [3.05, 3.63) is 46.4 Å². The van der Waals surface area contributed by atoms with Crippen molar-refractivity contribution in [3.8, 4) is 11.5 Å². The van der Waals surface area contributed by atoms with Crippen LogP contribution in [-0.4, -0.2) is 44.0 Å². The molecule has 0 saturated carbocycles. The van der Waals surface area contributed by atoms with Crippen LogP contribution in [0.3, 0.4) is 0 Å². The summed E-state index contributed by atoms with van der Waals surface area (Å²) >= 11 is 19.7. The summed E-state index contributed by atoms with van der Waals surface area (Å²) in [6, 6.07) is 11.1. The van der Waals surface area contributed by atoms with Crippen LogP contribution in [0.25, 0.3) is 0 Å². The molecular formula is C19H21Cl3O4S. The molecule has 0 aliphatic rings. The maximum absolute atomic E-state index is 9.64. The van der Waals surface area contributed by atoms with Gasteiger partial charge in [-0.3, -0.25) is 0 Å². The van der Waals surface area contributed by atoms with Crippen molar-refractivity contribution < 1.29 is 19.3 Å². The normalized spacial score (nSPS) is 12.0. The second-order valence-electron chi connectivity index (χ2n) is 5.60. The number of hydrogen-bond acceptors (Lipinski definition) is 5. The summed E-state index contributed by atoms with van der Waals surface area (Å²) in [7, 11) is 1.52. The number of rotatable bonds is 11. The van der Waals surface area contributed by atoms with Crippen LogP contribution in [0, 0.1) is 0 Å². The molecule has 0 heterocycles. The molecule has 0 amide bonds. The van der Waals surface area contributed by atoms with Gasteiger partial charge in [0.2, 0.25) is 0 Å². The number of aliphatic hydroxyl groups excluding tert-OH is 1. The molecule has 1 unspecified atom stereocenters. The van der Waals surface area contributed by atoms with E-state index in [1.165, 1.54) is 18.9 Å². The maximum Gasteiger partial charge on any atom is 0.138 e. The summed E-state index contributed by atoms with van der Waals surface area (Å²) in [5.74, 6) is 1.71. The van der Waals surface area contributed by atoms with Crippen LogP contribution < -0.4 is 9.47 Å². The molecule has 1 N–H and O–H groups in total. The van der Waals surface area contributed by atoms with Crippen molar-refractivity contribution in [2.24, 2.45) is 0 Å². The third-order valence-electron chi connectivity index (χ3n) is 3.37. The van der Waals surface area contributed by atoms with Crippen LogP contribution >= 0.6 is 46.6 Å². The second-order valence-corrected chi connectivity index (χ2v) is 7.94. The van der Waals surface area contributed by atoms with Crippen LogP contribution in [0.2, 0.25) is 10.0 Å². The van der Waals surface area contributed by atoms with Gasteiger partial charge in [0.05, 0.1) is 23.3 Å². The molecule has 0 bridgehead atoms. The molecule has 0 aliphatic heterocycles. The summed E-state index contributed by atoms with van der Waals surface area (Å²) < 4.78 is 16.0. The predicted octanol–water partition coefficient (Wildman–Crippen LogP) is 5.54. The molecule has 27 heavy (non-hydrogen) atoms. The Morgan fingerprint density at radius 2 is 1.56 bits per heavy atom. The minimum absolute atomic E-state index is 0.112. The Kier molecular flexibility index (Phi) is 9.90. The van der Waals surface area contributed by atoms with Gasteiger partial charge >= 0.3 is 0 Å². The molecule has 0 spiro atoms. The van der Waals surface area contributed by atoms with Crippen LogP contribution in [0.5, 0.6) is 11.5 Å². The van der Waals surface area contributed by atoms with Crippen molar-refractivity contribution in [2.45, 2.75) is 22.3 Å². The minimum Gasteiger partial charge on any atom is -0.492 e. The molecule has 2 rings (SSSR count). The Balaban J connectivity index is 1.97. The van der Waals surface area contributed by atoms with E-state index in [1.54, 1.807) is 6.07 Å². The molecule has 0 aliphatic carbocycles. The summed E-state index contributed by atoms with van der Waals surface area (Å²) in [5, 5.41) is 10.7. The number of hydrogen-bond donors (Lipinski definition) is 1. The van der Waals surface area contributed by atoms with E-state index in [0.29, 0.717) is 34.0 Å². The zero-order valence-corrected chi connectivity index (χ0v) is 17.9. The Hall–Kier alpha value is -0.820. The smallest absolute Gasteiger partial charge is 0.138 e. The van der Waals surface area contributed by atoms with Crippen molar-refractivity contribution in [2.75, 3.05) is 32.8 Å². The van der Waals surface area contributed by atoms with Gasteiger partial charge < -0.3 is 19.3 Å². The van der Waals surface area contributed by atoms with Gasteiger partial charge in [-0.15, -0.1) is 11.6 Å². The standard InChI is InChI=1S/C19H21Cl3O4S/c1-24-11-13(23)12-26-19-6-4-15(10-17(19)22)27-14-3-5-18(16(21)9-14)25-8-2-7-20/h3-6,9-10,13,23H,2,7-8,11-12H2,1H3. The zero-order valence-electron chi connectivity index (χ0n) is 14.8. The predicted molar refractivity (Wildman–Crippen MR) is 111 cm³/mol. The number of benzene rings is 2. The topological polar surface area (TPSA) is 47.9 Å². The zero-order chi connectivity index (χ0) is 19.6. The van der Waals surface area contributed by atoms with Gasteiger partial charge in [0.1, 0.15) is 24.2 Å². The number of aliphatic hydroxyl groups is 1. The maximum atomic E-state index is 9.64. The van der Waals surface area contributed by atoms with E-state index >= 15 is 0 Å². The summed E-state index contributed by atoms with van der Waals surface area (Å²) in [6.45, 7) is 0.852. The third-order valence-corrected chi connectivity index (χ3v) is 5.21. The fraction of sp³-hybridized carbons (Fsp3) is 0.368. The molecular weight excluding hydrogens is 431 g/mol. The number of halogens is 3. The van der Waals surface area contributed by atoms with E-state index in [9.17, 15) is 5.11 Å². The van der Waals surface area contributed by atoms with E-state index in [-0.39, 0.29) is 13.2 Å². The number of ether oxygens (including phenoxy) is 3.